The van der Waals surface area contributed by atoms with E-state index in [-0.39, 0.29) is 37.5 Å². The second-order valence-corrected chi connectivity index (χ2v) is 17.4. The summed E-state index contributed by atoms with van der Waals surface area (Å²) in [5.74, 6) is -0.937. The van der Waals surface area contributed by atoms with Crippen molar-refractivity contribution in [2.24, 2.45) is 0 Å². The monoisotopic (exact) mass is 867 g/mol. The van der Waals surface area contributed by atoms with Crippen LogP contribution in [-0.4, -0.2) is 37.2 Å². The second kappa shape index (κ2) is 50.8. The van der Waals surface area contributed by atoms with Crippen molar-refractivity contribution < 1.29 is 28.6 Å². The van der Waals surface area contributed by atoms with Crippen molar-refractivity contribution in [3.8, 4) is 0 Å². The van der Waals surface area contributed by atoms with Gasteiger partial charge >= 0.3 is 17.9 Å². The molecule has 0 saturated carbocycles. The molecule has 358 valence electrons. The highest BCUT2D eigenvalue weighted by molar-refractivity contribution is 5.71. The Balaban J connectivity index is 4.41. The van der Waals surface area contributed by atoms with Crippen LogP contribution in [0.5, 0.6) is 0 Å². The fraction of sp³-hybridized carbons (Fsp3) is 0.768. The summed E-state index contributed by atoms with van der Waals surface area (Å²) in [7, 11) is 0. The minimum absolute atomic E-state index is 0.0915. The number of esters is 3. The normalized spacial score (nSPS) is 12.5. The van der Waals surface area contributed by atoms with E-state index in [0.29, 0.717) is 19.3 Å². The molecule has 0 bridgehead atoms. The van der Waals surface area contributed by atoms with Crippen molar-refractivity contribution in [3.05, 3.63) is 60.8 Å². The maximum absolute atomic E-state index is 12.8. The van der Waals surface area contributed by atoms with Gasteiger partial charge in [-0.3, -0.25) is 14.4 Å². The minimum Gasteiger partial charge on any atom is -0.462 e. The van der Waals surface area contributed by atoms with Gasteiger partial charge in [0.25, 0.3) is 0 Å². The Hall–Kier alpha value is -2.89. The molecule has 0 aromatic carbocycles. The summed E-state index contributed by atoms with van der Waals surface area (Å²) in [6.45, 7) is 6.47. The topological polar surface area (TPSA) is 78.9 Å². The van der Waals surface area contributed by atoms with E-state index in [4.69, 9.17) is 14.2 Å². The van der Waals surface area contributed by atoms with Gasteiger partial charge in [-0.15, -0.1) is 0 Å². The first-order valence-corrected chi connectivity index (χ1v) is 26.3. The van der Waals surface area contributed by atoms with Crippen LogP contribution in [0, 0.1) is 0 Å². The van der Waals surface area contributed by atoms with Crippen LogP contribution in [0.15, 0.2) is 60.8 Å². The zero-order valence-electron chi connectivity index (χ0n) is 40.9. The van der Waals surface area contributed by atoms with Crippen LogP contribution in [0.1, 0.15) is 258 Å². The van der Waals surface area contributed by atoms with Crippen LogP contribution < -0.4 is 0 Å². The zero-order valence-corrected chi connectivity index (χ0v) is 40.9. The van der Waals surface area contributed by atoms with Crippen molar-refractivity contribution in [1.29, 1.82) is 0 Å². The number of unbranched alkanes of at least 4 members (excludes halogenated alkanes) is 26. The van der Waals surface area contributed by atoms with Gasteiger partial charge in [0.1, 0.15) is 13.2 Å². The molecule has 0 radical (unpaired) electrons. The van der Waals surface area contributed by atoms with Gasteiger partial charge in [-0.2, -0.15) is 0 Å². The van der Waals surface area contributed by atoms with Crippen LogP contribution in [0.2, 0.25) is 0 Å². The van der Waals surface area contributed by atoms with E-state index in [1.807, 2.05) is 0 Å². The molecular formula is C56H98O6. The minimum atomic E-state index is -0.796. The van der Waals surface area contributed by atoms with Gasteiger partial charge in [0.05, 0.1) is 0 Å². The summed E-state index contributed by atoms with van der Waals surface area (Å²) >= 11 is 0. The molecule has 0 saturated heterocycles. The van der Waals surface area contributed by atoms with E-state index >= 15 is 0 Å². The van der Waals surface area contributed by atoms with Crippen molar-refractivity contribution in [1.82, 2.24) is 0 Å². The van der Waals surface area contributed by atoms with Crippen molar-refractivity contribution >= 4 is 17.9 Å². The van der Waals surface area contributed by atoms with E-state index in [9.17, 15) is 14.4 Å². The Morgan fingerprint density at radius 3 is 1.06 bits per heavy atom. The lowest BCUT2D eigenvalue weighted by atomic mass is 10.0. The molecule has 0 spiro atoms. The molecule has 0 aliphatic rings. The molecule has 0 rings (SSSR count). The number of hydrogen-bond acceptors (Lipinski definition) is 6. The predicted octanol–water partition coefficient (Wildman–Crippen LogP) is 17.3. The summed E-state index contributed by atoms with van der Waals surface area (Å²) in [5, 5.41) is 0. The number of carbonyl (C=O) groups is 3. The second-order valence-electron chi connectivity index (χ2n) is 17.4. The van der Waals surface area contributed by atoms with Gasteiger partial charge in [-0.25, -0.2) is 0 Å². The van der Waals surface area contributed by atoms with E-state index in [1.165, 1.54) is 128 Å². The fourth-order valence-corrected chi connectivity index (χ4v) is 7.31. The SMILES string of the molecule is CC/C=C\C/C=C\C/C=C\C/C=C\CCCCC(=O)O[C@H](COC(=O)CCCCCCC/C=C\CCCCC)COC(=O)CCCCCCCCCCCCCCCCCCC. The third kappa shape index (κ3) is 48.1. The predicted molar refractivity (Wildman–Crippen MR) is 265 cm³/mol. The fourth-order valence-electron chi connectivity index (χ4n) is 7.31. The van der Waals surface area contributed by atoms with Gasteiger partial charge < -0.3 is 14.2 Å². The number of allylic oxidation sites excluding steroid dienone is 10. The first-order chi connectivity index (χ1) is 30.5. The van der Waals surface area contributed by atoms with Gasteiger partial charge in [-0.05, 0) is 83.5 Å². The van der Waals surface area contributed by atoms with Gasteiger partial charge in [-0.1, -0.05) is 216 Å². The molecule has 0 heterocycles. The van der Waals surface area contributed by atoms with Crippen molar-refractivity contribution in [2.45, 2.75) is 264 Å². The maximum Gasteiger partial charge on any atom is 0.306 e. The van der Waals surface area contributed by atoms with Crippen LogP contribution in [-0.2, 0) is 28.6 Å². The first kappa shape index (κ1) is 59.1. The average molecular weight is 867 g/mol. The Morgan fingerprint density at radius 1 is 0.339 bits per heavy atom. The van der Waals surface area contributed by atoms with E-state index in [0.717, 1.165) is 83.5 Å². The molecule has 0 N–H and O–H groups in total. The molecule has 0 amide bonds. The van der Waals surface area contributed by atoms with E-state index in [2.05, 4.69) is 81.5 Å². The quantitative estimate of drug-likeness (QED) is 0.0262. The molecule has 0 aromatic rings. The zero-order chi connectivity index (χ0) is 45.1. The summed E-state index contributed by atoms with van der Waals surface area (Å²) < 4.78 is 16.8. The lowest BCUT2D eigenvalue weighted by Crippen LogP contribution is -2.30. The highest BCUT2D eigenvalue weighted by atomic mass is 16.6. The van der Waals surface area contributed by atoms with Gasteiger partial charge in [0.2, 0.25) is 0 Å². The van der Waals surface area contributed by atoms with E-state index in [1.54, 1.807) is 0 Å². The number of rotatable bonds is 47. The molecular weight excluding hydrogens is 769 g/mol. The molecule has 6 heteroatoms. The third-order valence-corrected chi connectivity index (χ3v) is 11.3. The van der Waals surface area contributed by atoms with Crippen LogP contribution >= 0.6 is 0 Å². The van der Waals surface area contributed by atoms with Crippen molar-refractivity contribution in [2.75, 3.05) is 13.2 Å². The molecule has 0 fully saturated rings. The number of carbonyl (C=O) groups excluding carboxylic acids is 3. The van der Waals surface area contributed by atoms with Crippen LogP contribution in [0.25, 0.3) is 0 Å². The standard InChI is InChI=1S/C56H98O6/c1-4-7-10-13-16-19-22-25-27-28-30-31-34-37-40-43-46-49-55(58)61-52-53(51-60-54(57)48-45-42-39-36-33-24-21-18-15-12-9-6-3)62-56(59)50-47-44-41-38-35-32-29-26-23-20-17-14-11-8-5-2/h8,11,17-18,20-21,26,29,35,38,53H,4-7,9-10,12-16,19,22-25,27-28,30-34,36-37,39-52H2,1-3H3/b11-8-,20-17-,21-18-,29-26-,38-35-/t53-/m1/s1. The first-order valence-electron chi connectivity index (χ1n) is 26.3. The molecule has 0 aliphatic carbocycles. The van der Waals surface area contributed by atoms with Crippen LogP contribution in [0.3, 0.4) is 0 Å². The molecule has 0 aliphatic heterocycles. The molecule has 6 nitrogen and oxygen atoms in total. The van der Waals surface area contributed by atoms with Gasteiger partial charge in [0, 0.05) is 19.3 Å². The number of ether oxygens (including phenoxy) is 3. The Bertz CT molecular complexity index is 1130. The largest absolute Gasteiger partial charge is 0.462 e. The Labute approximate surface area is 383 Å². The van der Waals surface area contributed by atoms with Crippen LogP contribution in [0.4, 0.5) is 0 Å². The molecule has 62 heavy (non-hydrogen) atoms. The summed E-state index contributed by atoms with van der Waals surface area (Å²) in [5.41, 5.74) is 0. The van der Waals surface area contributed by atoms with E-state index < -0.39 is 6.10 Å². The highest BCUT2D eigenvalue weighted by Gasteiger charge is 2.19. The highest BCUT2D eigenvalue weighted by Crippen LogP contribution is 2.15. The Kier molecular flexibility index (Phi) is 48.4. The Morgan fingerprint density at radius 2 is 0.629 bits per heavy atom. The average Bonchev–Trinajstić information content (AvgIpc) is 3.27. The summed E-state index contributed by atoms with van der Waals surface area (Å²) in [4.78, 5) is 38.0. The maximum atomic E-state index is 12.8. The smallest absolute Gasteiger partial charge is 0.306 e. The van der Waals surface area contributed by atoms with Gasteiger partial charge in [0.15, 0.2) is 6.10 Å². The summed E-state index contributed by atoms with van der Waals surface area (Å²) in [6.07, 6.45) is 62.1. The molecule has 0 aromatic heterocycles. The third-order valence-electron chi connectivity index (χ3n) is 11.3. The molecule has 0 unspecified atom stereocenters. The number of hydrogen-bond donors (Lipinski definition) is 0. The lowest BCUT2D eigenvalue weighted by Gasteiger charge is -2.18. The van der Waals surface area contributed by atoms with Crippen molar-refractivity contribution in [3.63, 3.8) is 0 Å². The molecule has 1 atom stereocenters. The summed E-state index contributed by atoms with van der Waals surface area (Å²) in [6, 6.07) is 0. The lowest BCUT2D eigenvalue weighted by molar-refractivity contribution is -0.167.